The average Bonchev–Trinajstić information content (AvgIpc) is 2.33. The molecule has 0 amide bonds. The number of rotatable bonds is 2. The van der Waals surface area contributed by atoms with Gasteiger partial charge >= 0.3 is 0 Å². The van der Waals surface area contributed by atoms with Crippen LogP contribution < -0.4 is 0 Å². The molecule has 0 atom stereocenters. The highest BCUT2D eigenvalue weighted by Gasteiger charge is 2.02. The molecule has 2 aromatic rings. The standard InChI is InChI=1S/C13H10Cl2S/c1-16-11-4-2-3-9(7-11)10-5-6-12(14)13(15)8-10/h2-8H,1H3. The summed E-state index contributed by atoms with van der Waals surface area (Å²) in [5, 5.41) is 1.18. The van der Waals surface area contributed by atoms with Crippen LogP contribution in [0.4, 0.5) is 0 Å². The van der Waals surface area contributed by atoms with Gasteiger partial charge in [-0.2, -0.15) is 0 Å². The van der Waals surface area contributed by atoms with Crippen molar-refractivity contribution < 1.29 is 0 Å². The summed E-state index contributed by atoms with van der Waals surface area (Å²) < 4.78 is 0. The van der Waals surface area contributed by atoms with Gasteiger partial charge in [0.1, 0.15) is 0 Å². The molecule has 16 heavy (non-hydrogen) atoms. The Morgan fingerprint density at radius 1 is 0.875 bits per heavy atom. The molecule has 82 valence electrons. The van der Waals surface area contributed by atoms with E-state index in [0.29, 0.717) is 10.0 Å². The molecule has 0 unspecified atom stereocenters. The minimum Gasteiger partial charge on any atom is -0.130 e. The molecule has 0 saturated heterocycles. The summed E-state index contributed by atoms with van der Waals surface area (Å²) in [6.07, 6.45) is 2.06. The van der Waals surface area contributed by atoms with Crippen LogP contribution in [0.1, 0.15) is 0 Å². The van der Waals surface area contributed by atoms with E-state index < -0.39 is 0 Å². The highest BCUT2D eigenvalue weighted by Crippen LogP contribution is 2.30. The molecule has 0 nitrogen and oxygen atoms in total. The van der Waals surface area contributed by atoms with Gasteiger partial charge in [0.2, 0.25) is 0 Å². The SMILES string of the molecule is CSc1cccc(-c2ccc(Cl)c(Cl)c2)c1. The van der Waals surface area contributed by atoms with E-state index in [9.17, 15) is 0 Å². The third-order valence-corrected chi connectivity index (χ3v) is 3.79. The molecule has 0 fully saturated rings. The van der Waals surface area contributed by atoms with Gasteiger partial charge in [-0.15, -0.1) is 11.8 Å². The van der Waals surface area contributed by atoms with Gasteiger partial charge in [-0.25, -0.2) is 0 Å². The minimum absolute atomic E-state index is 0.589. The zero-order chi connectivity index (χ0) is 11.5. The first kappa shape index (κ1) is 11.8. The maximum absolute atomic E-state index is 6.00. The molecule has 0 aliphatic heterocycles. The molecule has 0 N–H and O–H groups in total. The van der Waals surface area contributed by atoms with Gasteiger partial charge in [-0.05, 0) is 41.6 Å². The van der Waals surface area contributed by atoms with Gasteiger partial charge in [-0.1, -0.05) is 41.4 Å². The van der Waals surface area contributed by atoms with Crippen molar-refractivity contribution in [1.82, 2.24) is 0 Å². The highest BCUT2D eigenvalue weighted by atomic mass is 35.5. The van der Waals surface area contributed by atoms with E-state index in [2.05, 4.69) is 24.5 Å². The molecule has 0 aliphatic rings. The molecule has 0 aromatic heterocycles. The largest absolute Gasteiger partial charge is 0.130 e. The molecule has 2 aromatic carbocycles. The van der Waals surface area contributed by atoms with Crippen LogP contribution in [0.25, 0.3) is 11.1 Å². The number of hydrogen-bond acceptors (Lipinski definition) is 1. The van der Waals surface area contributed by atoms with Gasteiger partial charge in [-0.3, -0.25) is 0 Å². The summed E-state index contributed by atoms with van der Waals surface area (Å²) in [6.45, 7) is 0. The van der Waals surface area contributed by atoms with Gasteiger partial charge < -0.3 is 0 Å². The lowest BCUT2D eigenvalue weighted by molar-refractivity contribution is 1.46. The van der Waals surface area contributed by atoms with Crippen molar-refractivity contribution in [3.63, 3.8) is 0 Å². The Bertz CT molecular complexity index is 509. The van der Waals surface area contributed by atoms with E-state index in [0.717, 1.165) is 11.1 Å². The quantitative estimate of drug-likeness (QED) is 0.659. The average molecular weight is 269 g/mol. The van der Waals surface area contributed by atoms with Crippen LogP contribution in [-0.2, 0) is 0 Å². The first-order chi connectivity index (χ1) is 7.70. The van der Waals surface area contributed by atoms with E-state index in [-0.39, 0.29) is 0 Å². The molecule has 2 rings (SSSR count). The molecule has 3 heteroatoms. The lowest BCUT2D eigenvalue weighted by Gasteiger charge is -2.05. The van der Waals surface area contributed by atoms with Crippen molar-refractivity contribution in [2.45, 2.75) is 4.90 Å². The van der Waals surface area contributed by atoms with Crippen LogP contribution in [0, 0.1) is 0 Å². The normalized spacial score (nSPS) is 10.4. The third-order valence-electron chi connectivity index (χ3n) is 2.32. The first-order valence-electron chi connectivity index (χ1n) is 4.80. The smallest absolute Gasteiger partial charge is 0.0598 e. The molecule has 0 radical (unpaired) electrons. The summed E-state index contributed by atoms with van der Waals surface area (Å²) in [6, 6.07) is 14.0. The van der Waals surface area contributed by atoms with Crippen LogP contribution in [0.15, 0.2) is 47.4 Å². The lowest BCUT2D eigenvalue weighted by Crippen LogP contribution is -1.79. The zero-order valence-corrected chi connectivity index (χ0v) is 11.0. The molecule has 0 saturated carbocycles. The molecule has 0 aliphatic carbocycles. The topological polar surface area (TPSA) is 0 Å². The van der Waals surface area contributed by atoms with E-state index in [4.69, 9.17) is 23.2 Å². The third kappa shape index (κ3) is 2.54. The predicted molar refractivity (Wildman–Crippen MR) is 73.7 cm³/mol. The van der Waals surface area contributed by atoms with Crippen molar-refractivity contribution in [3.8, 4) is 11.1 Å². The van der Waals surface area contributed by atoms with Crippen molar-refractivity contribution in [2.75, 3.05) is 6.26 Å². The second kappa shape index (κ2) is 5.13. The number of thioether (sulfide) groups is 1. The summed E-state index contributed by atoms with van der Waals surface area (Å²) in [5.41, 5.74) is 2.25. The van der Waals surface area contributed by atoms with Crippen LogP contribution in [0.3, 0.4) is 0 Å². The van der Waals surface area contributed by atoms with Gasteiger partial charge in [0.25, 0.3) is 0 Å². The van der Waals surface area contributed by atoms with Gasteiger partial charge in [0.05, 0.1) is 10.0 Å². The monoisotopic (exact) mass is 268 g/mol. The van der Waals surface area contributed by atoms with Crippen LogP contribution in [-0.4, -0.2) is 6.26 Å². The fourth-order valence-electron chi connectivity index (χ4n) is 1.48. The fraction of sp³-hybridized carbons (Fsp3) is 0.0769. The van der Waals surface area contributed by atoms with Crippen LogP contribution in [0.2, 0.25) is 10.0 Å². The lowest BCUT2D eigenvalue weighted by atomic mass is 10.1. The summed E-state index contributed by atoms with van der Waals surface area (Å²) in [7, 11) is 0. The molecule has 0 heterocycles. The summed E-state index contributed by atoms with van der Waals surface area (Å²) >= 11 is 13.6. The number of hydrogen-bond donors (Lipinski definition) is 0. The Balaban J connectivity index is 2.46. The van der Waals surface area contributed by atoms with E-state index in [1.165, 1.54) is 4.90 Å². The predicted octanol–water partition coefficient (Wildman–Crippen LogP) is 5.38. The van der Waals surface area contributed by atoms with Crippen molar-refractivity contribution >= 4 is 35.0 Å². The van der Waals surface area contributed by atoms with E-state index >= 15 is 0 Å². The van der Waals surface area contributed by atoms with Crippen LogP contribution >= 0.6 is 35.0 Å². The molecular formula is C13H10Cl2S. The maximum Gasteiger partial charge on any atom is 0.0598 e. The van der Waals surface area contributed by atoms with Gasteiger partial charge in [0, 0.05) is 4.90 Å². The molecule has 0 spiro atoms. The molecular weight excluding hydrogens is 259 g/mol. The van der Waals surface area contributed by atoms with Crippen molar-refractivity contribution in [3.05, 3.63) is 52.5 Å². The summed E-state index contributed by atoms with van der Waals surface area (Å²) in [4.78, 5) is 1.24. The zero-order valence-electron chi connectivity index (χ0n) is 8.71. The Labute approximate surface area is 110 Å². The van der Waals surface area contributed by atoms with E-state index in [1.54, 1.807) is 11.8 Å². The Morgan fingerprint density at radius 2 is 1.62 bits per heavy atom. The van der Waals surface area contributed by atoms with E-state index in [1.807, 2.05) is 24.3 Å². The fourth-order valence-corrected chi connectivity index (χ4v) is 2.24. The van der Waals surface area contributed by atoms with Crippen LogP contribution in [0.5, 0.6) is 0 Å². The second-order valence-electron chi connectivity index (χ2n) is 3.36. The first-order valence-corrected chi connectivity index (χ1v) is 6.78. The molecule has 0 bridgehead atoms. The number of halogens is 2. The second-order valence-corrected chi connectivity index (χ2v) is 5.05. The van der Waals surface area contributed by atoms with Gasteiger partial charge in [0.15, 0.2) is 0 Å². The minimum atomic E-state index is 0.589. The summed E-state index contributed by atoms with van der Waals surface area (Å²) in [5.74, 6) is 0. The Morgan fingerprint density at radius 3 is 2.31 bits per heavy atom. The van der Waals surface area contributed by atoms with Crippen molar-refractivity contribution in [1.29, 1.82) is 0 Å². The Hall–Kier alpha value is -0.630. The maximum atomic E-state index is 6.00. The highest BCUT2D eigenvalue weighted by molar-refractivity contribution is 7.98. The number of benzene rings is 2. The van der Waals surface area contributed by atoms with Crippen molar-refractivity contribution in [2.24, 2.45) is 0 Å². The Kier molecular flexibility index (Phi) is 3.80.